The molecule has 0 aliphatic carbocycles. The second kappa shape index (κ2) is 7.43. The van der Waals surface area contributed by atoms with Crippen molar-refractivity contribution in [3.05, 3.63) is 16.6 Å². The third-order valence-corrected chi connectivity index (χ3v) is 5.06. The topological polar surface area (TPSA) is 12.9 Å². The van der Waals surface area contributed by atoms with Gasteiger partial charge in [0.1, 0.15) is 0 Å². The first-order valence-corrected chi connectivity index (χ1v) is 8.16. The Hall–Kier alpha value is -0.580. The lowest BCUT2D eigenvalue weighted by molar-refractivity contribution is -0.207. The molecule has 1 rings (SSSR count). The van der Waals surface area contributed by atoms with Gasteiger partial charge in [-0.3, -0.25) is 0 Å². The van der Waals surface area contributed by atoms with E-state index in [1.165, 1.54) is 11.3 Å². The van der Waals surface area contributed by atoms with Gasteiger partial charge in [-0.15, -0.1) is 11.3 Å². The first-order chi connectivity index (χ1) is 9.33. The Morgan fingerprint density at radius 3 is 2.40 bits per heavy atom. The molecule has 1 nitrogen and oxygen atoms in total. The van der Waals surface area contributed by atoms with E-state index in [0.717, 1.165) is 19.3 Å². The van der Waals surface area contributed by atoms with Crippen molar-refractivity contribution in [1.82, 2.24) is 4.98 Å². The number of aromatic nitrogens is 1. The van der Waals surface area contributed by atoms with Crippen molar-refractivity contribution in [2.75, 3.05) is 0 Å². The quantitative estimate of drug-likeness (QED) is 0.548. The minimum Gasteiger partial charge on any atom is -0.250 e. The molecule has 0 aliphatic rings. The summed E-state index contributed by atoms with van der Waals surface area (Å²) in [6.45, 7) is 5.72. The second-order valence-corrected chi connectivity index (χ2v) is 6.67. The fourth-order valence-corrected chi connectivity index (χ4v) is 3.33. The van der Waals surface area contributed by atoms with E-state index in [4.69, 9.17) is 0 Å². The summed E-state index contributed by atoms with van der Waals surface area (Å²) in [5, 5.41) is 2.32. The van der Waals surface area contributed by atoms with E-state index in [1.54, 1.807) is 18.5 Å². The van der Waals surface area contributed by atoms with Crippen molar-refractivity contribution < 1.29 is 13.2 Å². The van der Waals surface area contributed by atoms with Crippen LogP contribution in [-0.2, 0) is 6.42 Å². The maximum absolute atomic E-state index is 13.5. The van der Waals surface area contributed by atoms with Gasteiger partial charge in [0.15, 0.2) is 0 Å². The Morgan fingerprint density at radius 1 is 1.25 bits per heavy atom. The van der Waals surface area contributed by atoms with Crippen LogP contribution < -0.4 is 0 Å². The van der Waals surface area contributed by atoms with Gasteiger partial charge in [0.05, 0.1) is 10.9 Å². The van der Waals surface area contributed by atoms with Gasteiger partial charge in [-0.1, -0.05) is 46.5 Å². The number of nitrogens with zero attached hydrogens (tertiary/aromatic N) is 1. The molecule has 2 unspecified atom stereocenters. The molecule has 20 heavy (non-hydrogen) atoms. The van der Waals surface area contributed by atoms with Gasteiger partial charge in [0, 0.05) is 18.0 Å². The molecule has 1 aromatic heterocycles. The predicted molar refractivity (Wildman–Crippen MR) is 77.9 cm³/mol. The second-order valence-electron chi connectivity index (χ2n) is 5.69. The third kappa shape index (κ3) is 4.76. The Bertz CT molecular complexity index is 375. The van der Waals surface area contributed by atoms with Gasteiger partial charge in [-0.05, 0) is 11.8 Å². The summed E-state index contributed by atoms with van der Waals surface area (Å²) in [6, 6.07) is 0. The normalized spacial score (nSPS) is 16.9. The van der Waals surface area contributed by atoms with Crippen LogP contribution in [-0.4, -0.2) is 11.2 Å². The van der Waals surface area contributed by atoms with Crippen molar-refractivity contribution >= 4 is 11.3 Å². The molecule has 1 heterocycles. The molecule has 0 radical (unpaired) electrons. The highest BCUT2D eigenvalue weighted by molar-refractivity contribution is 7.09. The van der Waals surface area contributed by atoms with Crippen LogP contribution in [0.5, 0.6) is 0 Å². The standard InChI is InChI=1S/C15H24F3NS/c1-4-6-7-8-14(3,5-2)12(15(16,17)18)11-13-19-9-10-20-13/h9-10,12H,4-8,11H2,1-3H3. The number of unbranched alkanes of at least 4 members (excludes halogenated alkanes) is 2. The van der Waals surface area contributed by atoms with Gasteiger partial charge in [-0.2, -0.15) is 13.2 Å². The van der Waals surface area contributed by atoms with Crippen molar-refractivity contribution in [3.8, 4) is 0 Å². The lowest BCUT2D eigenvalue weighted by atomic mass is 9.69. The summed E-state index contributed by atoms with van der Waals surface area (Å²) in [4.78, 5) is 4.03. The summed E-state index contributed by atoms with van der Waals surface area (Å²) in [5.41, 5.74) is -0.695. The number of halogens is 3. The number of thiazole rings is 1. The molecule has 5 heteroatoms. The van der Waals surface area contributed by atoms with Crippen LogP contribution in [0.3, 0.4) is 0 Å². The van der Waals surface area contributed by atoms with Crippen LogP contribution in [0.4, 0.5) is 13.2 Å². The highest BCUT2D eigenvalue weighted by Gasteiger charge is 2.49. The van der Waals surface area contributed by atoms with E-state index in [1.807, 2.05) is 6.92 Å². The predicted octanol–water partition coefficient (Wildman–Crippen LogP) is 5.86. The lowest BCUT2D eigenvalue weighted by Gasteiger charge is -2.38. The molecule has 0 N–H and O–H groups in total. The number of alkyl halides is 3. The number of rotatable bonds is 8. The van der Waals surface area contributed by atoms with Gasteiger partial charge < -0.3 is 0 Å². The SMILES string of the molecule is CCCCCC(C)(CC)C(Cc1nccs1)C(F)(F)F. The Kier molecular flexibility index (Phi) is 6.49. The molecule has 2 atom stereocenters. The van der Waals surface area contributed by atoms with Crippen LogP contribution in [0.2, 0.25) is 0 Å². The number of hydrogen-bond acceptors (Lipinski definition) is 2. The van der Waals surface area contributed by atoms with E-state index >= 15 is 0 Å². The molecule has 0 saturated carbocycles. The summed E-state index contributed by atoms with van der Waals surface area (Å²) >= 11 is 1.31. The largest absolute Gasteiger partial charge is 0.392 e. The minimum absolute atomic E-state index is 0.0115. The monoisotopic (exact) mass is 307 g/mol. The fourth-order valence-electron chi connectivity index (χ4n) is 2.66. The number of hydrogen-bond donors (Lipinski definition) is 0. The zero-order valence-corrected chi connectivity index (χ0v) is 13.3. The summed E-state index contributed by atoms with van der Waals surface area (Å²) in [6.07, 6.45) is 1.50. The maximum Gasteiger partial charge on any atom is 0.392 e. The molecule has 0 saturated heterocycles. The van der Waals surface area contributed by atoms with E-state index in [2.05, 4.69) is 11.9 Å². The molecular weight excluding hydrogens is 283 g/mol. The van der Waals surface area contributed by atoms with Crippen LogP contribution in [0, 0.1) is 11.3 Å². The Morgan fingerprint density at radius 2 is 1.95 bits per heavy atom. The Labute approximate surface area is 123 Å². The summed E-state index contributed by atoms with van der Waals surface area (Å²) in [7, 11) is 0. The van der Waals surface area contributed by atoms with Gasteiger partial charge >= 0.3 is 6.18 Å². The van der Waals surface area contributed by atoms with E-state index in [9.17, 15) is 13.2 Å². The van der Waals surface area contributed by atoms with Crippen LogP contribution in [0.1, 0.15) is 57.9 Å². The van der Waals surface area contributed by atoms with E-state index in [0.29, 0.717) is 17.8 Å². The van der Waals surface area contributed by atoms with Crippen LogP contribution in [0.15, 0.2) is 11.6 Å². The summed E-state index contributed by atoms with van der Waals surface area (Å²) in [5.74, 6) is -1.30. The fraction of sp³-hybridized carbons (Fsp3) is 0.800. The molecule has 0 aliphatic heterocycles. The van der Waals surface area contributed by atoms with E-state index in [-0.39, 0.29) is 6.42 Å². The van der Waals surface area contributed by atoms with Gasteiger partial charge in [0.25, 0.3) is 0 Å². The van der Waals surface area contributed by atoms with Crippen molar-refractivity contribution in [1.29, 1.82) is 0 Å². The summed E-state index contributed by atoms with van der Waals surface area (Å²) < 4.78 is 40.4. The van der Waals surface area contributed by atoms with E-state index < -0.39 is 17.5 Å². The van der Waals surface area contributed by atoms with Crippen LogP contribution in [0.25, 0.3) is 0 Å². The van der Waals surface area contributed by atoms with Gasteiger partial charge in [-0.25, -0.2) is 4.98 Å². The lowest BCUT2D eigenvalue weighted by Crippen LogP contribution is -2.39. The van der Waals surface area contributed by atoms with Crippen molar-refractivity contribution in [2.45, 2.75) is 65.5 Å². The zero-order chi connectivity index (χ0) is 15.2. The zero-order valence-electron chi connectivity index (χ0n) is 12.5. The van der Waals surface area contributed by atoms with Crippen molar-refractivity contribution in [3.63, 3.8) is 0 Å². The van der Waals surface area contributed by atoms with Crippen molar-refractivity contribution in [2.24, 2.45) is 11.3 Å². The smallest absolute Gasteiger partial charge is 0.250 e. The molecule has 0 amide bonds. The van der Waals surface area contributed by atoms with Crippen LogP contribution >= 0.6 is 11.3 Å². The molecule has 0 fully saturated rings. The first kappa shape index (κ1) is 17.5. The molecule has 116 valence electrons. The third-order valence-electron chi connectivity index (χ3n) is 4.26. The molecular formula is C15H24F3NS. The molecule has 0 aromatic carbocycles. The average Bonchev–Trinajstić information content (AvgIpc) is 2.87. The van der Waals surface area contributed by atoms with Gasteiger partial charge in [0.2, 0.25) is 0 Å². The average molecular weight is 307 g/mol. The molecule has 0 bridgehead atoms. The molecule has 0 spiro atoms. The Balaban J connectivity index is 2.88. The maximum atomic E-state index is 13.5. The highest BCUT2D eigenvalue weighted by atomic mass is 32.1. The molecule has 1 aromatic rings. The first-order valence-electron chi connectivity index (χ1n) is 7.28. The highest BCUT2D eigenvalue weighted by Crippen LogP contribution is 2.47. The minimum atomic E-state index is -4.16.